The number of nitrogens with zero attached hydrogens (tertiary/aromatic N) is 2. The lowest BCUT2D eigenvalue weighted by Crippen LogP contribution is -2.51. The molecule has 374 valence electrons. The van der Waals surface area contributed by atoms with Gasteiger partial charge in [0.05, 0.1) is 14.2 Å². The lowest BCUT2D eigenvalue weighted by atomic mass is 9.70. The summed E-state index contributed by atoms with van der Waals surface area (Å²) in [5, 5.41) is 12.0. The Morgan fingerprint density at radius 3 is 1.37 bits per heavy atom. The Labute approximate surface area is 417 Å². The molecule has 0 aromatic heterocycles. The standard InChI is InChI=1S/C57H68N6O8/c1-5-7-29-57(30-8-6-2)43-33-39(58-51(64)47-31-37-21-15-23-45(37)62(47)53(66)49(60-55(68)70-3)35-17-11-9-12-18-35)25-27-41(43)42-28-26-40(34-44(42)57)59-52(65)48-32-38-22-16-24-46(38)63(48)54(67)50(61-56(69)71-4)36-19-13-10-14-20-36/h9-14,17-20,25-28,33-34,37-38,45-50H,5-8,15-16,21-24,29-32H2,1-4H3,(H,58,64)(H,59,65)(H,60,68)(H,61,69)/t37-,38-,45-,46-,47+,48+,49-,50-/m1/s1. The lowest BCUT2D eigenvalue weighted by Gasteiger charge is -2.34. The highest BCUT2D eigenvalue weighted by molar-refractivity contribution is 6.01. The fraction of sp³-hybridized carbons (Fsp3) is 0.474. The second-order valence-electron chi connectivity index (χ2n) is 20.3. The summed E-state index contributed by atoms with van der Waals surface area (Å²) < 4.78 is 9.87. The van der Waals surface area contributed by atoms with Gasteiger partial charge in [-0.25, -0.2) is 9.59 Å². The van der Waals surface area contributed by atoms with Gasteiger partial charge in [0.15, 0.2) is 0 Å². The van der Waals surface area contributed by atoms with E-state index in [-0.39, 0.29) is 47.5 Å². The van der Waals surface area contributed by atoms with E-state index in [9.17, 15) is 28.8 Å². The van der Waals surface area contributed by atoms with Crippen molar-refractivity contribution in [1.29, 1.82) is 0 Å². The van der Waals surface area contributed by atoms with E-state index in [4.69, 9.17) is 9.47 Å². The van der Waals surface area contributed by atoms with Gasteiger partial charge in [-0.3, -0.25) is 19.2 Å². The number of hydrogen-bond acceptors (Lipinski definition) is 8. The minimum absolute atomic E-state index is 0.115. The van der Waals surface area contributed by atoms with Crippen molar-refractivity contribution in [2.45, 2.75) is 145 Å². The fourth-order valence-corrected chi connectivity index (χ4v) is 12.9. The van der Waals surface area contributed by atoms with Crippen LogP contribution in [-0.4, -0.2) is 84.0 Å². The number of rotatable bonds is 16. The normalized spacial score (nSPS) is 23.1. The Morgan fingerprint density at radius 1 is 0.577 bits per heavy atom. The molecule has 5 aliphatic rings. The van der Waals surface area contributed by atoms with E-state index in [0.717, 1.165) is 99.3 Å². The third kappa shape index (κ3) is 9.61. The summed E-state index contributed by atoms with van der Waals surface area (Å²) in [6.45, 7) is 4.38. The van der Waals surface area contributed by atoms with Gasteiger partial charge < -0.3 is 40.5 Å². The molecule has 0 bridgehead atoms. The van der Waals surface area contributed by atoms with Crippen molar-refractivity contribution in [2.75, 3.05) is 24.9 Å². The van der Waals surface area contributed by atoms with E-state index in [1.54, 1.807) is 34.1 Å². The molecule has 0 radical (unpaired) electrons. The molecule has 2 saturated heterocycles. The van der Waals surface area contributed by atoms with Crippen LogP contribution in [0.3, 0.4) is 0 Å². The van der Waals surface area contributed by atoms with Crippen molar-refractivity contribution in [3.8, 4) is 11.1 Å². The number of fused-ring (bicyclic) bond motifs is 5. The van der Waals surface area contributed by atoms with Gasteiger partial charge in [-0.2, -0.15) is 0 Å². The Bertz CT molecular complexity index is 2450. The van der Waals surface area contributed by atoms with E-state index in [2.05, 4.69) is 59.4 Å². The predicted octanol–water partition coefficient (Wildman–Crippen LogP) is 9.94. The molecular weight excluding hydrogens is 897 g/mol. The van der Waals surface area contributed by atoms with Gasteiger partial charge in [-0.1, -0.05) is 125 Å². The summed E-state index contributed by atoms with van der Waals surface area (Å²) in [6.07, 6.45) is 10.6. The molecule has 2 aliphatic heterocycles. The molecule has 9 rings (SSSR count). The maximum absolute atomic E-state index is 14.7. The van der Waals surface area contributed by atoms with Crippen LogP contribution in [0.4, 0.5) is 21.0 Å². The summed E-state index contributed by atoms with van der Waals surface area (Å²) in [4.78, 5) is 87.4. The van der Waals surface area contributed by atoms with Crippen LogP contribution in [-0.2, 0) is 34.1 Å². The SMILES string of the molecule is CCCCC1(CCCC)c2cc(NC(=O)[C@@H]3C[C@H]4CCC[C@H]4N3C(=O)[C@H](NC(=O)OC)c3ccccc3)ccc2-c2ccc(NC(=O)[C@@H]3C[C@H]4CCC[C@H]4N3C(=O)[C@H](NC(=O)OC)c3ccccc3)cc21. The van der Waals surface area contributed by atoms with Crippen molar-refractivity contribution < 1.29 is 38.2 Å². The molecule has 0 spiro atoms. The summed E-state index contributed by atoms with van der Waals surface area (Å²) >= 11 is 0. The summed E-state index contributed by atoms with van der Waals surface area (Å²) in [6, 6.07) is 26.7. The number of ether oxygens (including phenoxy) is 2. The van der Waals surface area contributed by atoms with Gasteiger partial charge in [-0.15, -0.1) is 0 Å². The lowest BCUT2D eigenvalue weighted by molar-refractivity contribution is -0.140. The molecule has 4 N–H and O–H groups in total. The zero-order valence-corrected chi connectivity index (χ0v) is 41.4. The highest BCUT2D eigenvalue weighted by Crippen LogP contribution is 2.56. The Morgan fingerprint density at radius 2 is 0.986 bits per heavy atom. The van der Waals surface area contributed by atoms with E-state index in [1.807, 2.05) is 48.5 Å². The van der Waals surface area contributed by atoms with Gasteiger partial charge in [0.1, 0.15) is 24.2 Å². The Hall–Kier alpha value is -6.70. The monoisotopic (exact) mass is 965 g/mol. The van der Waals surface area contributed by atoms with Crippen molar-refractivity contribution in [3.05, 3.63) is 119 Å². The number of unbranched alkanes of at least 4 members (excludes halogenated alkanes) is 2. The van der Waals surface area contributed by atoms with Crippen LogP contribution in [0.25, 0.3) is 11.1 Å². The number of carbonyl (C=O) groups excluding carboxylic acids is 6. The second-order valence-corrected chi connectivity index (χ2v) is 20.3. The van der Waals surface area contributed by atoms with Crippen LogP contribution in [0.5, 0.6) is 0 Å². The van der Waals surface area contributed by atoms with Crippen LogP contribution in [0, 0.1) is 11.8 Å². The summed E-state index contributed by atoms with van der Waals surface area (Å²) in [5.41, 5.74) is 6.53. The molecular formula is C57H68N6O8. The van der Waals surface area contributed by atoms with E-state index in [0.29, 0.717) is 35.3 Å². The second kappa shape index (κ2) is 21.3. The van der Waals surface area contributed by atoms with Crippen LogP contribution in [0.1, 0.15) is 138 Å². The highest BCUT2D eigenvalue weighted by Gasteiger charge is 2.52. The van der Waals surface area contributed by atoms with Crippen molar-refractivity contribution in [3.63, 3.8) is 0 Å². The molecule has 4 aromatic carbocycles. The average Bonchev–Trinajstić information content (AvgIpc) is 4.23. The molecule has 14 heteroatoms. The van der Waals surface area contributed by atoms with Crippen LogP contribution in [0.2, 0.25) is 0 Å². The van der Waals surface area contributed by atoms with E-state index < -0.39 is 41.8 Å². The quantitative estimate of drug-likeness (QED) is 0.0858. The zero-order valence-electron chi connectivity index (χ0n) is 41.4. The number of carbonyl (C=O) groups is 6. The molecule has 2 heterocycles. The third-order valence-electron chi connectivity index (χ3n) is 16.3. The molecule has 0 unspecified atom stereocenters. The molecule has 4 fully saturated rings. The van der Waals surface area contributed by atoms with Crippen molar-refractivity contribution in [2.24, 2.45) is 11.8 Å². The number of likely N-dealkylation sites (tertiary alicyclic amines) is 2. The molecule has 3 aliphatic carbocycles. The van der Waals surface area contributed by atoms with Crippen LogP contribution >= 0.6 is 0 Å². The maximum Gasteiger partial charge on any atom is 0.407 e. The van der Waals surface area contributed by atoms with Gasteiger partial charge in [0.25, 0.3) is 11.8 Å². The summed E-state index contributed by atoms with van der Waals surface area (Å²) in [7, 11) is 2.53. The predicted molar refractivity (Wildman–Crippen MR) is 271 cm³/mol. The van der Waals surface area contributed by atoms with E-state index in [1.165, 1.54) is 14.2 Å². The van der Waals surface area contributed by atoms with Gasteiger partial charge >= 0.3 is 12.2 Å². The zero-order chi connectivity index (χ0) is 49.8. The number of nitrogens with one attached hydrogen (secondary N) is 4. The topological polar surface area (TPSA) is 175 Å². The molecule has 2 saturated carbocycles. The van der Waals surface area contributed by atoms with Gasteiger partial charge in [0.2, 0.25) is 11.8 Å². The van der Waals surface area contributed by atoms with Crippen LogP contribution in [0.15, 0.2) is 97.1 Å². The molecule has 71 heavy (non-hydrogen) atoms. The minimum Gasteiger partial charge on any atom is -0.453 e. The largest absolute Gasteiger partial charge is 0.453 e. The van der Waals surface area contributed by atoms with Crippen molar-refractivity contribution in [1.82, 2.24) is 20.4 Å². The number of anilines is 2. The number of hydrogen-bond donors (Lipinski definition) is 4. The number of amides is 6. The molecule has 4 aromatic rings. The van der Waals surface area contributed by atoms with Crippen molar-refractivity contribution >= 4 is 47.2 Å². The first kappa shape index (κ1) is 49.3. The minimum atomic E-state index is -1.02. The van der Waals surface area contributed by atoms with Gasteiger partial charge in [-0.05, 0) is 121 Å². The highest BCUT2D eigenvalue weighted by atomic mass is 16.5. The number of alkyl carbamates (subject to hydrolysis) is 2. The van der Waals surface area contributed by atoms with Gasteiger partial charge in [0, 0.05) is 28.9 Å². The fourth-order valence-electron chi connectivity index (χ4n) is 12.9. The smallest absolute Gasteiger partial charge is 0.407 e. The summed E-state index contributed by atoms with van der Waals surface area (Å²) in [5.74, 6) is -0.824. The number of methoxy groups -OCH3 is 2. The first-order valence-electron chi connectivity index (χ1n) is 25.8. The average molecular weight is 965 g/mol. The third-order valence-corrected chi connectivity index (χ3v) is 16.3. The maximum atomic E-state index is 14.7. The van der Waals surface area contributed by atoms with Crippen LogP contribution < -0.4 is 21.3 Å². The number of benzene rings is 4. The molecule has 14 nitrogen and oxygen atoms in total. The molecule has 6 amide bonds. The first-order chi connectivity index (χ1) is 34.5. The van der Waals surface area contributed by atoms with E-state index >= 15 is 0 Å². The Balaban J connectivity index is 0.997. The first-order valence-corrected chi connectivity index (χ1v) is 25.8. The Kier molecular flexibility index (Phi) is 14.8. The molecule has 8 atom stereocenters.